The van der Waals surface area contributed by atoms with E-state index in [1.54, 1.807) is 0 Å². The molecule has 8 nitrogen and oxygen atoms in total. The first-order valence-corrected chi connectivity index (χ1v) is 8.63. The highest BCUT2D eigenvalue weighted by molar-refractivity contribution is 5.90. The third-order valence-corrected chi connectivity index (χ3v) is 3.98. The number of aliphatic carboxylic acids is 1. The molecule has 1 saturated heterocycles. The van der Waals surface area contributed by atoms with Crippen LogP contribution in [0.4, 0.5) is 26.3 Å². The Bertz CT molecular complexity index is 928. The van der Waals surface area contributed by atoms with Crippen LogP contribution in [0.25, 0.3) is 11.5 Å². The number of hydrogen-bond donors (Lipinski definition) is 3. The molecule has 31 heavy (non-hydrogen) atoms. The van der Waals surface area contributed by atoms with E-state index in [9.17, 15) is 31.1 Å². The summed E-state index contributed by atoms with van der Waals surface area (Å²) in [6.45, 7) is 2.64. The van der Waals surface area contributed by atoms with E-state index in [2.05, 4.69) is 20.8 Å². The summed E-state index contributed by atoms with van der Waals surface area (Å²) >= 11 is 0. The predicted molar refractivity (Wildman–Crippen MR) is 91.8 cm³/mol. The highest BCUT2D eigenvalue weighted by Crippen LogP contribution is 2.31. The van der Waals surface area contributed by atoms with Crippen molar-refractivity contribution in [3.8, 4) is 11.5 Å². The van der Waals surface area contributed by atoms with Crippen molar-refractivity contribution >= 4 is 11.9 Å². The number of rotatable bonds is 3. The number of alkyl halides is 6. The first-order valence-electron chi connectivity index (χ1n) is 8.63. The van der Waals surface area contributed by atoms with Gasteiger partial charge in [-0.2, -0.15) is 26.3 Å². The molecule has 3 rings (SSSR count). The van der Waals surface area contributed by atoms with Gasteiger partial charge in [-0.25, -0.2) is 4.79 Å². The Hall–Kier alpha value is -3.16. The van der Waals surface area contributed by atoms with Crippen LogP contribution in [-0.4, -0.2) is 52.0 Å². The van der Waals surface area contributed by atoms with Gasteiger partial charge in [0.2, 0.25) is 5.89 Å². The van der Waals surface area contributed by atoms with Gasteiger partial charge in [0.25, 0.3) is 0 Å². The summed E-state index contributed by atoms with van der Waals surface area (Å²) in [5, 5.41) is 20.3. The van der Waals surface area contributed by atoms with Crippen LogP contribution in [0.3, 0.4) is 0 Å². The number of carbonyl (C=O) groups excluding carboxylic acids is 1. The summed E-state index contributed by atoms with van der Waals surface area (Å²) in [6, 6.07) is 4.76. The van der Waals surface area contributed by atoms with E-state index in [0.717, 1.165) is 18.6 Å². The molecular weight excluding hydrogens is 438 g/mol. The zero-order valence-corrected chi connectivity index (χ0v) is 15.7. The molecule has 2 atom stereocenters. The third kappa shape index (κ3) is 6.94. The van der Waals surface area contributed by atoms with Crippen LogP contribution in [0, 0.1) is 0 Å². The third-order valence-electron chi connectivity index (χ3n) is 3.98. The molecular formula is C17H16F6N4O4. The van der Waals surface area contributed by atoms with Crippen molar-refractivity contribution in [3.63, 3.8) is 0 Å². The fourth-order valence-electron chi connectivity index (χ4n) is 2.55. The molecule has 0 saturated carbocycles. The quantitative estimate of drug-likeness (QED) is 0.611. The number of benzene rings is 1. The number of nitrogens with one attached hydrogen (secondary N) is 2. The number of carbonyl (C=O) groups is 2. The summed E-state index contributed by atoms with van der Waals surface area (Å²) in [6.07, 6.45) is -8.78. The van der Waals surface area contributed by atoms with Gasteiger partial charge < -0.3 is 20.2 Å². The van der Waals surface area contributed by atoms with E-state index in [0.29, 0.717) is 12.6 Å². The molecule has 1 amide bonds. The monoisotopic (exact) mass is 454 g/mol. The Kier molecular flexibility index (Phi) is 7.25. The van der Waals surface area contributed by atoms with E-state index < -0.39 is 29.8 Å². The fraction of sp³-hybridized carbons (Fsp3) is 0.412. The number of aromatic nitrogens is 2. The number of carboxylic acids is 1. The lowest BCUT2D eigenvalue weighted by Crippen LogP contribution is -2.36. The van der Waals surface area contributed by atoms with Crippen LogP contribution in [0.2, 0.25) is 0 Å². The van der Waals surface area contributed by atoms with Crippen molar-refractivity contribution in [1.29, 1.82) is 0 Å². The standard InChI is InChI=1S/C15H15F3N4O2.C2HF3O2/c1-8-5-11(7-19-8)20-12(23)14-22-21-13(24-14)9-3-2-4-10(6-9)15(16,17)18;3-2(4,5)1(6)7/h2-4,6,8,11,19H,5,7H2,1H3,(H,20,23);(H,6,7)/t8-,11-;/m1./s1. The highest BCUT2D eigenvalue weighted by atomic mass is 19.4. The van der Waals surface area contributed by atoms with Crippen molar-refractivity contribution in [2.45, 2.75) is 37.8 Å². The smallest absolute Gasteiger partial charge is 0.475 e. The molecule has 1 aliphatic rings. The maximum Gasteiger partial charge on any atom is 0.490 e. The molecule has 0 radical (unpaired) electrons. The Morgan fingerprint density at radius 3 is 2.35 bits per heavy atom. The van der Waals surface area contributed by atoms with Gasteiger partial charge in [-0.3, -0.25) is 4.79 Å². The number of halogens is 6. The minimum Gasteiger partial charge on any atom is -0.475 e. The first kappa shape index (κ1) is 24.1. The van der Waals surface area contributed by atoms with E-state index >= 15 is 0 Å². The van der Waals surface area contributed by atoms with Crippen molar-refractivity contribution in [2.75, 3.05) is 6.54 Å². The fourth-order valence-corrected chi connectivity index (χ4v) is 2.55. The number of nitrogens with zero attached hydrogens (tertiary/aromatic N) is 2. The minimum absolute atomic E-state index is 0.0450. The molecule has 2 heterocycles. The van der Waals surface area contributed by atoms with Crippen LogP contribution in [0.5, 0.6) is 0 Å². The van der Waals surface area contributed by atoms with Crippen LogP contribution >= 0.6 is 0 Å². The maximum absolute atomic E-state index is 12.7. The normalized spacial score (nSPS) is 18.8. The van der Waals surface area contributed by atoms with Crippen LogP contribution in [0.15, 0.2) is 28.7 Å². The minimum atomic E-state index is -5.08. The van der Waals surface area contributed by atoms with Gasteiger partial charge in [0.1, 0.15) is 0 Å². The van der Waals surface area contributed by atoms with Crippen LogP contribution < -0.4 is 10.6 Å². The Morgan fingerprint density at radius 2 is 1.84 bits per heavy atom. The molecule has 0 aliphatic carbocycles. The number of hydrogen-bond acceptors (Lipinski definition) is 6. The molecule has 0 unspecified atom stereocenters. The van der Waals surface area contributed by atoms with Crippen LogP contribution in [-0.2, 0) is 11.0 Å². The molecule has 1 aromatic carbocycles. The van der Waals surface area contributed by atoms with Gasteiger partial charge >= 0.3 is 30.1 Å². The predicted octanol–water partition coefficient (Wildman–Crippen LogP) is 2.87. The van der Waals surface area contributed by atoms with E-state index in [1.165, 1.54) is 12.1 Å². The second-order valence-electron chi connectivity index (χ2n) is 6.51. The van der Waals surface area contributed by atoms with Crippen molar-refractivity contribution < 1.29 is 45.5 Å². The average molecular weight is 454 g/mol. The lowest BCUT2D eigenvalue weighted by molar-refractivity contribution is -0.192. The second kappa shape index (κ2) is 9.32. The highest BCUT2D eigenvalue weighted by Gasteiger charge is 2.38. The molecule has 1 aromatic heterocycles. The number of amides is 1. The van der Waals surface area contributed by atoms with Gasteiger partial charge in [-0.1, -0.05) is 6.07 Å². The first-order chi connectivity index (χ1) is 14.3. The van der Waals surface area contributed by atoms with Gasteiger partial charge in [0, 0.05) is 24.2 Å². The Balaban J connectivity index is 0.000000423. The molecule has 170 valence electrons. The Labute approximate surface area is 170 Å². The molecule has 2 aromatic rings. The van der Waals surface area contributed by atoms with Gasteiger partial charge in [-0.05, 0) is 31.5 Å². The van der Waals surface area contributed by atoms with Gasteiger partial charge in [0.05, 0.1) is 5.56 Å². The van der Waals surface area contributed by atoms with E-state index in [4.69, 9.17) is 14.3 Å². The lowest BCUT2D eigenvalue weighted by atomic mass is 10.1. The average Bonchev–Trinajstić information content (AvgIpc) is 3.30. The zero-order valence-electron chi connectivity index (χ0n) is 15.7. The van der Waals surface area contributed by atoms with Crippen molar-refractivity contribution in [2.24, 2.45) is 0 Å². The SMILES string of the molecule is C[C@@H]1C[C@@H](NC(=O)c2nnc(-c3cccc(C(F)(F)F)c3)o2)CN1.O=C(O)C(F)(F)F. The largest absolute Gasteiger partial charge is 0.490 e. The summed E-state index contributed by atoms with van der Waals surface area (Å²) in [5.41, 5.74) is -0.720. The van der Waals surface area contributed by atoms with E-state index in [1.807, 2.05) is 6.92 Å². The molecule has 14 heteroatoms. The molecule has 1 aliphatic heterocycles. The lowest BCUT2D eigenvalue weighted by Gasteiger charge is -2.08. The van der Waals surface area contributed by atoms with Crippen LogP contribution in [0.1, 0.15) is 29.6 Å². The molecule has 0 bridgehead atoms. The zero-order chi connectivity index (χ0) is 23.4. The van der Waals surface area contributed by atoms with Crippen molar-refractivity contribution in [3.05, 3.63) is 35.7 Å². The number of carboxylic acid groups (broad SMARTS) is 1. The van der Waals surface area contributed by atoms with Gasteiger partial charge in [-0.15, -0.1) is 10.2 Å². The molecule has 0 spiro atoms. The molecule has 1 fully saturated rings. The van der Waals surface area contributed by atoms with Crippen molar-refractivity contribution in [1.82, 2.24) is 20.8 Å². The topological polar surface area (TPSA) is 117 Å². The second-order valence-corrected chi connectivity index (χ2v) is 6.51. The maximum atomic E-state index is 12.7. The Morgan fingerprint density at radius 1 is 1.19 bits per heavy atom. The summed E-state index contributed by atoms with van der Waals surface area (Å²) in [5.74, 6) is -3.71. The van der Waals surface area contributed by atoms with E-state index in [-0.39, 0.29) is 23.4 Å². The summed E-state index contributed by atoms with van der Waals surface area (Å²) in [4.78, 5) is 21.0. The summed E-state index contributed by atoms with van der Waals surface area (Å²) in [7, 11) is 0. The molecule has 3 N–H and O–H groups in total. The van der Waals surface area contributed by atoms with Gasteiger partial charge in [0.15, 0.2) is 0 Å². The summed E-state index contributed by atoms with van der Waals surface area (Å²) < 4.78 is 75.2.